The molecule has 1 saturated heterocycles. The van der Waals surface area contributed by atoms with Crippen LogP contribution in [0.4, 0.5) is 0 Å². The van der Waals surface area contributed by atoms with E-state index in [4.69, 9.17) is 0 Å². The second-order valence-electron chi connectivity index (χ2n) is 7.19. The van der Waals surface area contributed by atoms with E-state index < -0.39 is 12.0 Å². The third-order valence-corrected chi connectivity index (χ3v) is 5.69. The van der Waals surface area contributed by atoms with Crippen molar-refractivity contribution in [2.45, 2.75) is 57.2 Å². The summed E-state index contributed by atoms with van der Waals surface area (Å²) in [5.41, 5.74) is 0.238. The predicted molar refractivity (Wildman–Crippen MR) is 92.7 cm³/mol. The third kappa shape index (κ3) is 2.79. The molecule has 1 N–H and O–H groups in total. The van der Waals surface area contributed by atoms with Gasteiger partial charge in [-0.2, -0.15) is 0 Å². The number of fused-ring (bicyclic) bond motifs is 2. The van der Waals surface area contributed by atoms with Crippen molar-refractivity contribution < 1.29 is 14.7 Å². The Morgan fingerprint density at radius 3 is 2.81 bits per heavy atom. The molecule has 2 aliphatic rings. The quantitative estimate of drug-likeness (QED) is 0.884. The fraction of sp³-hybridized carbons (Fsp3) is 0.556. The van der Waals surface area contributed by atoms with E-state index in [2.05, 4.69) is 5.10 Å². The van der Waals surface area contributed by atoms with Crippen molar-refractivity contribution in [2.75, 3.05) is 0 Å². The van der Waals surface area contributed by atoms with Crippen molar-refractivity contribution in [1.82, 2.24) is 19.1 Å². The Bertz CT molecular complexity index is 902. The smallest absolute Gasteiger partial charge is 0.350 e. The van der Waals surface area contributed by atoms with Crippen LogP contribution in [0.1, 0.15) is 38.5 Å². The van der Waals surface area contributed by atoms with Gasteiger partial charge in [-0.15, -0.1) is 5.10 Å². The molecule has 1 aliphatic carbocycles. The van der Waals surface area contributed by atoms with E-state index in [1.54, 1.807) is 29.3 Å². The molecule has 2 fully saturated rings. The molecule has 8 nitrogen and oxygen atoms in total. The molecule has 3 atom stereocenters. The van der Waals surface area contributed by atoms with E-state index in [9.17, 15) is 19.5 Å². The van der Waals surface area contributed by atoms with Gasteiger partial charge in [0.15, 0.2) is 5.65 Å². The molecule has 0 unspecified atom stereocenters. The molecule has 0 bridgehead atoms. The largest absolute Gasteiger partial charge is 0.480 e. The second-order valence-corrected chi connectivity index (χ2v) is 7.19. The topological polar surface area (TPSA) is 96.9 Å². The highest BCUT2D eigenvalue weighted by atomic mass is 16.4. The maximum atomic E-state index is 12.8. The fourth-order valence-corrected chi connectivity index (χ4v) is 4.48. The maximum absolute atomic E-state index is 12.8. The lowest BCUT2D eigenvalue weighted by molar-refractivity contribution is -0.150. The van der Waals surface area contributed by atoms with Crippen molar-refractivity contribution in [3.63, 3.8) is 0 Å². The molecule has 1 aliphatic heterocycles. The summed E-state index contributed by atoms with van der Waals surface area (Å²) in [7, 11) is 0. The molecule has 138 valence electrons. The minimum absolute atomic E-state index is 0.0233. The number of carboxylic acids is 1. The van der Waals surface area contributed by atoms with Gasteiger partial charge in [0.2, 0.25) is 5.91 Å². The van der Waals surface area contributed by atoms with Crippen molar-refractivity contribution in [1.29, 1.82) is 0 Å². The molecule has 4 rings (SSSR count). The SMILES string of the molecule is O=C(O)[C@@H]1C[C@H]2CCCC[C@H]2N1C(=O)CCn1nc2ccccn2c1=O. The predicted octanol–water partition coefficient (Wildman–Crippen LogP) is 1.13. The van der Waals surface area contributed by atoms with Gasteiger partial charge >= 0.3 is 11.7 Å². The normalized spacial score (nSPS) is 25.4. The lowest BCUT2D eigenvalue weighted by Gasteiger charge is -2.33. The molecule has 2 aromatic rings. The van der Waals surface area contributed by atoms with Crippen LogP contribution in [-0.4, -0.2) is 48.1 Å². The number of likely N-dealkylation sites (tertiary alicyclic amines) is 1. The zero-order chi connectivity index (χ0) is 18.3. The standard InChI is InChI=1S/C18H22N4O4/c23-16(8-10-21-18(26)20-9-4-3-7-15(20)19-21)22-13-6-2-1-5-12(13)11-14(22)17(24)25/h3-4,7,9,12-14H,1-2,5-6,8,10-11H2,(H,24,25)/t12-,13-,14+/m1/s1. The van der Waals surface area contributed by atoms with Gasteiger partial charge in [0, 0.05) is 18.7 Å². The minimum Gasteiger partial charge on any atom is -0.480 e. The van der Waals surface area contributed by atoms with Crippen LogP contribution < -0.4 is 5.69 Å². The number of carbonyl (C=O) groups excluding carboxylic acids is 1. The first-order valence-corrected chi connectivity index (χ1v) is 9.14. The van der Waals surface area contributed by atoms with Crippen LogP contribution in [0.3, 0.4) is 0 Å². The summed E-state index contributed by atoms with van der Waals surface area (Å²) < 4.78 is 2.70. The van der Waals surface area contributed by atoms with Crippen LogP contribution >= 0.6 is 0 Å². The molecule has 1 amide bonds. The van der Waals surface area contributed by atoms with Crippen LogP contribution in [0.25, 0.3) is 5.65 Å². The summed E-state index contributed by atoms with van der Waals surface area (Å²) in [4.78, 5) is 38.4. The van der Waals surface area contributed by atoms with Crippen molar-refractivity contribution >= 4 is 17.5 Å². The zero-order valence-electron chi connectivity index (χ0n) is 14.5. The van der Waals surface area contributed by atoms with Crippen LogP contribution in [0.15, 0.2) is 29.2 Å². The lowest BCUT2D eigenvalue weighted by Crippen LogP contribution is -2.46. The van der Waals surface area contributed by atoms with Crippen molar-refractivity contribution in [3.05, 3.63) is 34.9 Å². The first-order chi connectivity index (χ1) is 12.6. The lowest BCUT2D eigenvalue weighted by atomic mass is 9.84. The first kappa shape index (κ1) is 16.8. The molecular weight excluding hydrogens is 336 g/mol. The van der Waals surface area contributed by atoms with Crippen LogP contribution in [0, 0.1) is 5.92 Å². The Balaban J connectivity index is 1.51. The Morgan fingerprint density at radius 1 is 1.23 bits per heavy atom. The van der Waals surface area contributed by atoms with E-state index >= 15 is 0 Å². The molecular formula is C18H22N4O4. The number of hydrogen-bond donors (Lipinski definition) is 1. The van der Waals surface area contributed by atoms with Gasteiger partial charge in [-0.1, -0.05) is 18.9 Å². The van der Waals surface area contributed by atoms with E-state index in [0.717, 1.165) is 25.7 Å². The van der Waals surface area contributed by atoms with Crippen LogP contribution in [0.2, 0.25) is 0 Å². The number of aromatic nitrogens is 3. The number of carboxylic acid groups (broad SMARTS) is 1. The molecule has 0 aromatic carbocycles. The van der Waals surface area contributed by atoms with E-state index in [0.29, 0.717) is 12.1 Å². The summed E-state index contributed by atoms with van der Waals surface area (Å²) in [6, 6.07) is 4.55. The Hall–Kier alpha value is -2.64. The minimum atomic E-state index is -0.933. The first-order valence-electron chi connectivity index (χ1n) is 9.14. The number of aryl methyl sites for hydroxylation is 1. The highest BCUT2D eigenvalue weighted by Crippen LogP contribution is 2.40. The fourth-order valence-electron chi connectivity index (χ4n) is 4.48. The van der Waals surface area contributed by atoms with Crippen LogP contribution in [-0.2, 0) is 16.1 Å². The highest BCUT2D eigenvalue weighted by Gasteiger charge is 2.47. The molecule has 0 radical (unpaired) electrons. The summed E-state index contributed by atoms with van der Waals surface area (Å²) in [5.74, 6) is -0.847. The molecule has 2 aromatic heterocycles. The zero-order valence-corrected chi connectivity index (χ0v) is 14.5. The Labute approximate surface area is 150 Å². The Morgan fingerprint density at radius 2 is 2.04 bits per heavy atom. The number of pyridine rings is 1. The van der Waals surface area contributed by atoms with Crippen molar-refractivity contribution in [3.8, 4) is 0 Å². The van der Waals surface area contributed by atoms with Gasteiger partial charge in [0.05, 0.1) is 6.54 Å². The Kier molecular flexibility index (Phi) is 4.26. The van der Waals surface area contributed by atoms with Gasteiger partial charge in [0.1, 0.15) is 6.04 Å². The average molecular weight is 358 g/mol. The van der Waals surface area contributed by atoms with E-state index in [-0.39, 0.29) is 36.5 Å². The number of amides is 1. The number of hydrogen-bond acceptors (Lipinski definition) is 4. The van der Waals surface area contributed by atoms with Crippen LogP contribution in [0.5, 0.6) is 0 Å². The van der Waals surface area contributed by atoms with Gasteiger partial charge in [-0.25, -0.2) is 14.3 Å². The second kappa shape index (κ2) is 6.59. The summed E-state index contributed by atoms with van der Waals surface area (Å²) >= 11 is 0. The highest BCUT2D eigenvalue weighted by molar-refractivity contribution is 5.84. The third-order valence-electron chi connectivity index (χ3n) is 5.69. The summed E-state index contributed by atoms with van der Waals surface area (Å²) in [6.07, 6.45) is 6.25. The van der Waals surface area contributed by atoms with Gasteiger partial charge in [-0.05, 0) is 37.3 Å². The van der Waals surface area contributed by atoms with E-state index in [1.165, 1.54) is 9.08 Å². The van der Waals surface area contributed by atoms with E-state index in [1.807, 2.05) is 0 Å². The average Bonchev–Trinajstić information content (AvgIpc) is 3.18. The van der Waals surface area contributed by atoms with Gasteiger partial charge < -0.3 is 10.0 Å². The maximum Gasteiger partial charge on any atom is 0.350 e. The van der Waals surface area contributed by atoms with Gasteiger partial charge in [0.25, 0.3) is 0 Å². The number of carbonyl (C=O) groups is 2. The molecule has 8 heteroatoms. The number of rotatable bonds is 4. The number of aliphatic carboxylic acids is 1. The van der Waals surface area contributed by atoms with Gasteiger partial charge in [-0.3, -0.25) is 9.20 Å². The van der Waals surface area contributed by atoms with Crippen molar-refractivity contribution in [2.24, 2.45) is 5.92 Å². The molecule has 0 spiro atoms. The molecule has 3 heterocycles. The monoisotopic (exact) mass is 358 g/mol. The summed E-state index contributed by atoms with van der Waals surface area (Å²) in [5, 5.41) is 13.8. The molecule has 26 heavy (non-hydrogen) atoms. The number of nitrogens with zero attached hydrogens (tertiary/aromatic N) is 4. The molecule has 1 saturated carbocycles. The summed E-state index contributed by atoms with van der Waals surface area (Å²) in [6.45, 7) is 0.152.